The minimum Gasteiger partial charge on any atom is -0.461 e. The zero-order valence-electron chi connectivity index (χ0n) is 14.3. The first-order chi connectivity index (χ1) is 12.1. The molecule has 1 saturated heterocycles. The number of hydrogen-bond acceptors (Lipinski definition) is 2. The summed E-state index contributed by atoms with van der Waals surface area (Å²) in [6.07, 6.45) is 3.58. The van der Waals surface area contributed by atoms with Crippen LogP contribution in [-0.2, 0) is 6.42 Å². The minimum absolute atomic E-state index is 0.648. The predicted molar refractivity (Wildman–Crippen MR) is 106 cm³/mol. The Hall–Kier alpha value is -1.48. The van der Waals surface area contributed by atoms with Gasteiger partial charge in [-0.3, -0.25) is 0 Å². The first-order valence-corrected chi connectivity index (χ1v) is 9.57. The third-order valence-corrected chi connectivity index (χ3v) is 5.54. The number of hydrogen-bond donors (Lipinski definition) is 0. The van der Waals surface area contributed by atoms with E-state index in [1.54, 1.807) is 6.07 Å². The zero-order valence-corrected chi connectivity index (χ0v) is 15.8. The van der Waals surface area contributed by atoms with Gasteiger partial charge in [-0.15, -0.1) is 0 Å². The van der Waals surface area contributed by atoms with E-state index in [1.807, 2.05) is 18.2 Å². The van der Waals surface area contributed by atoms with Crippen molar-refractivity contribution in [2.45, 2.75) is 32.2 Å². The zero-order chi connectivity index (χ0) is 17.4. The van der Waals surface area contributed by atoms with Gasteiger partial charge in [0.15, 0.2) is 0 Å². The highest BCUT2D eigenvalue weighted by Gasteiger charge is 2.20. The molecule has 0 aliphatic carbocycles. The van der Waals surface area contributed by atoms with Crippen LogP contribution >= 0.6 is 23.2 Å². The van der Waals surface area contributed by atoms with E-state index < -0.39 is 0 Å². The van der Waals surface area contributed by atoms with Crippen LogP contribution in [0.15, 0.2) is 46.9 Å². The Labute approximate surface area is 158 Å². The maximum absolute atomic E-state index is 6.13. The van der Waals surface area contributed by atoms with Gasteiger partial charge in [-0.05, 0) is 73.8 Å². The summed E-state index contributed by atoms with van der Waals surface area (Å²) >= 11 is 12.3. The van der Waals surface area contributed by atoms with Gasteiger partial charge < -0.3 is 9.32 Å². The Kier molecular flexibility index (Phi) is 4.77. The smallest absolute Gasteiger partial charge is 0.134 e. The summed E-state index contributed by atoms with van der Waals surface area (Å²) in [6, 6.07) is 14.7. The van der Waals surface area contributed by atoms with Crippen LogP contribution in [0, 0.1) is 0 Å². The highest BCUT2D eigenvalue weighted by Crippen LogP contribution is 2.31. The third kappa shape index (κ3) is 3.72. The summed E-state index contributed by atoms with van der Waals surface area (Å²) in [6.45, 7) is 4.59. The summed E-state index contributed by atoms with van der Waals surface area (Å²) in [7, 11) is 0. The molecular formula is C21H21Cl2NO. The number of rotatable bonds is 4. The van der Waals surface area contributed by atoms with Crippen molar-refractivity contribution in [3.8, 4) is 11.1 Å². The van der Waals surface area contributed by atoms with Gasteiger partial charge in [0.25, 0.3) is 0 Å². The number of nitrogens with zero attached hydrogens (tertiary/aromatic N) is 1. The number of furan rings is 1. The second-order valence-electron chi connectivity index (χ2n) is 6.90. The standard InChI is InChI=1S/C21H21Cl2NO/c1-14-3-2-7-24(14)8-6-20-12-17-9-15(4-5-21(17)25-20)16-10-18(22)13-19(23)11-16/h4-5,9-14H,2-3,6-8H2,1H3/t14-/m1/s1. The molecule has 2 aromatic carbocycles. The van der Waals surface area contributed by atoms with E-state index in [4.69, 9.17) is 27.6 Å². The molecule has 0 radical (unpaired) electrons. The van der Waals surface area contributed by atoms with E-state index in [0.717, 1.165) is 40.8 Å². The molecular weight excluding hydrogens is 353 g/mol. The quantitative estimate of drug-likeness (QED) is 0.523. The molecule has 0 saturated carbocycles. The van der Waals surface area contributed by atoms with Crippen LogP contribution in [0.4, 0.5) is 0 Å². The molecule has 2 nitrogen and oxygen atoms in total. The van der Waals surface area contributed by atoms with Crippen molar-refractivity contribution < 1.29 is 4.42 Å². The number of fused-ring (bicyclic) bond motifs is 1. The van der Waals surface area contributed by atoms with Crippen LogP contribution in [0.3, 0.4) is 0 Å². The van der Waals surface area contributed by atoms with Crippen LogP contribution < -0.4 is 0 Å². The first kappa shape index (κ1) is 17.0. The van der Waals surface area contributed by atoms with Gasteiger partial charge in [0.05, 0.1) is 0 Å². The molecule has 1 aliphatic rings. The number of benzene rings is 2. The van der Waals surface area contributed by atoms with E-state index in [1.165, 1.54) is 19.4 Å². The minimum atomic E-state index is 0.648. The summed E-state index contributed by atoms with van der Waals surface area (Å²) in [4.78, 5) is 2.55. The van der Waals surface area contributed by atoms with Crippen LogP contribution in [0.1, 0.15) is 25.5 Å². The largest absolute Gasteiger partial charge is 0.461 e. The van der Waals surface area contributed by atoms with Crippen molar-refractivity contribution in [2.24, 2.45) is 0 Å². The first-order valence-electron chi connectivity index (χ1n) is 8.81. The highest BCUT2D eigenvalue weighted by molar-refractivity contribution is 6.35. The maximum Gasteiger partial charge on any atom is 0.134 e. The predicted octanol–water partition coefficient (Wildman–Crippen LogP) is 6.43. The van der Waals surface area contributed by atoms with E-state index in [0.29, 0.717) is 16.1 Å². The van der Waals surface area contributed by atoms with Gasteiger partial charge in [-0.2, -0.15) is 0 Å². The molecule has 1 fully saturated rings. The Balaban J connectivity index is 1.56. The molecule has 2 heterocycles. The van der Waals surface area contributed by atoms with Crippen LogP contribution in [0.25, 0.3) is 22.1 Å². The molecule has 1 atom stereocenters. The lowest BCUT2D eigenvalue weighted by molar-refractivity contribution is 0.266. The Morgan fingerprint density at radius 2 is 1.84 bits per heavy atom. The number of likely N-dealkylation sites (tertiary alicyclic amines) is 1. The van der Waals surface area contributed by atoms with Gasteiger partial charge >= 0.3 is 0 Å². The highest BCUT2D eigenvalue weighted by atomic mass is 35.5. The van der Waals surface area contributed by atoms with Crippen LogP contribution in [0.5, 0.6) is 0 Å². The molecule has 25 heavy (non-hydrogen) atoms. The topological polar surface area (TPSA) is 16.4 Å². The Bertz CT molecular complexity index is 882. The van der Waals surface area contributed by atoms with Crippen LogP contribution in [-0.4, -0.2) is 24.0 Å². The average molecular weight is 374 g/mol. The molecule has 4 rings (SSSR count). The normalized spacial score (nSPS) is 18.3. The Morgan fingerprint density at radius 3 is 2.56 bits per heavy atom. The molecule has 130 valence electrons. The van der Waals surface area contributed by atoms with Gasteiger partial charge in [0.2, 0.25) is 0 Å². The van der Waals surface area contributed by atoms with Crippen molar-refractivity contribution in [3.63, 3.8) is 0 Å². The molecule has 1 aromatic heterocycles. The SMILES string of the molecule is C[C@@H]1CCCN1CCc1cc2cc(-c3cc(Cl)cc(Cl)c3)ccc2o1. The Morgan fingerprint density at radius 1 is 1.04 bits per heavy atom. The summed E-state index contributed by atoms with van der Waals surface area (Å²) in [5, 5.41) is 2.42. The monoisotopic (exact) mass is 373 g/mol. The van der Waals surface area contributed by atoms with Crippen molar-refractivity contribution in [2.75, 3.05) is 13.1 Å². The van der Waals surface area contributed by atoms with Crippen LogP contribution in [0.2, 0.25) is 10.0 Å². The lowest BCUT2D eigenvalue weighted by Crippen LogP contribution is -2.28. The molecule has 0 N–H and O–H groups in total. The average Bonchev–Trinajstić information content (AvgIpc) is 3.16. The van der Waals surface area contributed by atoms with E-state index in [-0.39, 0.29) is 0 Å². The van der Waals surface area contributed by atoms with Crippen molar-refractivity contribution >= 4 is 34.2 Å². The molecule has 1 aliphatic heterocycles. The molecule has 0 spiro atoms. The fourth-order valence-electron chi connectivity index (χ4n) is 3.70. The second kappa shape index (κ2) is 7.03. The number of halogens is 2. The molecule has 0 bridgehead atoms. The third-order valence-electron chi connectivity index (χ3n) is 5.10. The summed E-state index contributed by atoms with van der Waals surface area (Å²) < 4.78 is 6.02. The maximum atomic E-state index is 6.13. The van der Waals surface area contributed by atoms with Gasteiger partial charge in [-0.1, -0.05) is 29.3 Å². The van der Waals surface area contributed by atoms with Gasteiger partial charge in [-0.25, -0.2) is 0 Å². The lowest BCUT2D eigenvalue weighted by atomic mass is 10.0. The molecule has 4 heteroatoms. The fraction of sp³-hybridized carbons (Fsp3) is 0.333. The van der Waals surface area contributed by atoms with E-state index in [9.17, 15) is 0 Å². The fourth-order valence-corrected chi connectivity index (χ4v) is 4.23. The van der Waals surface area contributed by atoms with Crippen molar-refractivity contribution in [1.29, 1.82) is 0 Å². The molecule has 0 amide bonds. The van der Waals surface area contributed by atoms with Gasteiger partial charge in [0.1, 0.15) is 11.3 Å². The van der Waals surface area contributed by atoms with Gasteiger partial charge in [0, 0.05) is 34.4 Å². The van der Waals surface area contributed by atoms with E-state index in [2.05, 4.69) is 30.0 Å². The second-order valence-corrected chi connectivity index (χ2v) is 7.77. The summed E-state index contributed by atoms with van der Waals surface area (Å²) in [5.74, 6) is 1.05. The summed E-state index contributed by atoms with van der Waals surface area (Å²) in [5.41, 5.74) is 3.05. The van der Waals surface area contributed by atoms with E-state index >= 15 is 0 Å². The van der Waals surface area contributed by atoms with Crippen molar-refractivity contribution in [1.82, 2.24) is 4.90 Å². The molecule has 3 aromatic rings. The van der Waals surface area contributed by atoms with Crippen molar-refractivity contribution in [3.05, 3.63) is 58.3 Å². The lowest BCUT2D eigenvalue weighted by Gasteiger charge is -2.19. The molecule has 0 unspecified atom stereocenters.